The van der Waals surface area contributed by atoms with Crippen LogP contribution in [0.1, 0.15) is 10.4 Å². The summed E-state index contributed by atoms with van der Waals surface area (Å²) in [6.45, 7) is 0. The van der Waals surface area contributed by atoms with E-state index in [9.17, 15) is 9.90 Å². The molecule has 0 radical (unpaired) electrons. The van der Waals surface area contributed by atoms with Gasteiger partial charge in [-0.05, 0) is 22.8 Å². The Kier molecular flexibility index (Phi) is 5.82. The predicted molar refractivity (Wildman–Crippen MR) is 118 cm³/mol. The molecule has 0 saturated carbocycles. The molecule has 0 bridgehead atoms. The number of rotatable bonds is 6. The van der Waals surface area contributed by atoms with E-state index in [0.717, 1.165) is 11.1 Å². The average molecular weight is 433 g/mol. The molecule has 6 nitrogen and oxygen atoms in total. The second kappa shape index (κ2) is 8.85. The lowest BCUT2D eigenvalue weighted by Crippen LogP contribution is -2.05. The van der Waals surface area contributed by atoms with Crippen molar-refractivity contribution < 1.29 is 19.4 Å². The summed E-state index contributed by atoms with van der Waals surface area (Å²) in [4.78, 5) is 20.6. The highest BCUT2D eigenvalue weighted by atomic mass is 35.5. The van der Waals surface area contributed by atoms with Gasteiger partial charge in [0.05, 0.1) is 12.7 Å². The molecule has 0 unspecified atom stereocenters. The molecule has 0 spiro atoms. The van der Waals surface area contributed by atoms with Gasteiger partial charge in [-0.2, -0.15) is 9.97 Å². The number of benzene rings is 3. The van der Waals surface area contributed by atoms with Crippen LogP contribution < -0.4 is 9.47 Å². The number of methoxy groups -OCH3 is 1. The molecular formula is C24H17ClN2O4. The summed E-state index contributed by atoms with van der Waals surface area (Å²) in [7, 11) is 1.47. The van der Waals surface area contributed by atoms with E-state index in [2.05, 4.69) is 9.97 Å². The highest BCUT2D eigenvalue weighted by Gasteiger charge is 2.21. The minimum atomic E-state index is -1.13. The van der Waals surface area contributed by atoms with Crippen LogP contribution in [0.2, 0.25) is 5.15 Å². The Morgan fingerprint density at radius 3 is 2.13 bits per heavy atom. The zero-order valence-electron chi connectivity index (χ0n) is 16.4. The van der Waals surface area contributed by atoms with Crippen LogP contribution in [-0.2, 0) is 0 Å². The van der Waals surface area contributed by atoms with Gasteiger partial charge in [0, 0.05) is 0 Å². The van der Waals surface area contributed by atoms with Crippen molar-refractivity contribution in [3.63, 3.8) is 0 Å². The van der Waals surface area contributed by atoms with Gasteiger partial charge in [-0.1, -0.05) is 84.4 Å². The number of hydrogen-bond acceptors (Lipinski definition) is 5. The largest absolute Gasteiger partial charge is 0.480 e. The first-order chi connectivity index (χ1) is 15.1. The number of halogens is 1. The first-order valence-corrected chi connectivity index (χ1v) is 9.73. The highest BCUT2D eigenvalue weighted by Crippen LogP contribution is 2.37. The summed E-state index contributed by atoms with van der Waals surface area (Å²) in [5, 5.41) is 9.99. The van der Waals surface area contributed by atoms with E-state index >= 15 is 0 Å². The van der Waals surface area contributed by atoms with Crippen molar-refractivity contribution in [3.8, 4) is 39.9 Å². The van der Waals surface area contributed by atoms with Gasteiger partial charge < -0.3 is 14.6 Å². The molecule has 1 aromatic heterocycles. The van der Waals surface area contributed by atoms with Crippen LogP contribution in [0.25, 0.3) is 22.3 Å². The van der Waals surface area contributed by atoms with Gasteiger partial charge in [0.2, 0.25) is 5.88 Å². The monoisotopic (exact) mass is 432 g/mol. The molecule has 0 amide bonds. The van der Waals surface area contributed by atoms with Crippen molar-refractivity contribution in [2.24, 2.45) is 0 Å². The van der Waals surface area contributed by atoms with E-state index in [-0.39, 0.29) is 28.4 Å². The van der Waals surface area contributed by atoms with Gasteiger partial charge >= 0.3 is 12.0 Å². The Hall–Kier alpha value is -3.90. The van der Waals surface area contributed by atoms with Crippen LogP contribution >= 0.6 is 11.6 Å². The number of aromatic carboxylic acids is 1. The van der Waals surface area contributed by atoms with Gasteiger partial charge in [-0.25, -0.2) is 4.79 Å². The number of carboxylic acid groups (broad SMARTS) is 1. The van der Waals surface area contributed by atoms with Crippen molar-refractivity contribution in [1.29, 1.82) is 0 Å². The maximum atomic E-state index is 12.1. The van der Waals surface area contributed by atoms with Crippen LogP contribution in [0.15, 0.2) is 78.9 Å². The van der Waals surface area contributed by atoms with Crippen LogP contribution in [0, 0.1) is 0 Å². The van der Waals surface area contributed by atoms with E-state index in [4.69, 9.17) is 21.1 Å². The Balaban J connectivity index is 1.78. The second-order valence-corrected chi connectivity index (χ2v) is 6.86. The summed E-state index contributed by atoms with van der Waals surface area (Å²) in [6, 6.07) is 23.4. The van der Waals surface area contributed by atoms with Gasteiger partial charge in [0.15, 0.2) is 0 Å². The number of ether oxygens (including phenoxy) is 2. The minimum Gasteiger partial charge on any atom is -0.480 e. The Morgan fingerprint density at radius 1 is 0.871 bits per heavy atom. The summed E-state index contributed by atoms with van der Waals surface area (Å²) >= 11 is 6.42. The van der Waals surface area contributed by atoms with Gasteiger partial charge in [0.25, 0.3) is 0 Å². The first-order valence-electron chi connectivity index (χ1n) is 9.35. The van der Waals surface area contributed by atoms with Gasteiger partial charge in [-0.15, -0.1) is 0 Å². The SMILES string of the molecule is COc1nc(Oc2cccc(-c3ccccc3)c2C(=O)O)nc(Cl)c1-c1ccccc1. The normalized spacial score (nSPS) is 10.5. The standard InChI is InChI=1S/C24H17ClN2O4/c1-30-22-19(16-11-6-3-7-12-16)21(25)26-24(27-22)31-18-14-8-13-17(20(18)23(28)29)15-9-4-2-5-10-15/h2-14H,1H3,(H,28,29). The fourth-order valence-corrected chi connectivity index (χ4v) is 3.49. The fourth-order valence-electron chi connectivity index (χ4n) is 3.23. The highest BCUT2D eigenvalue weighted by molar-refractivity contribution is 6.32. The molecule has 0 atom stereocenters. The second-order valence-electron chi connectivity index (χ2n) is 6.50. The molecule has 0 aliphatic carbocycles. The fraction of sp³-hybridized carbons (Fsp3) is 0.0417. The first kappa shape index (κ1) is 20.4. The molecule has 4 aromatic rings. The van der Waals surface area contributed by atoms with Crippen LogP contribution in [0.3, 0.4) is 0 Å². The average Bonchev–Trinajstić information content (AvgIpc) is 2.79. The number of carbonyl (C=O) groups is 1. The topological polar surface area (TPSA) is 81.5 Å². The van der Waals surface area contributed by atoms with Crippen LogP contribution in [0.5, 0.6) is 17.6 Å². The zero-order chi connectivity index (χ0) is 21.8. The van der Waals surface area contributed by atoms with Crippen molar-refractivity contribution in [2.45, 2.75) is 0 Å². The van der Waals surface area contributed by atoms with Crippen LogP contribution in [0.4, 0.5) is 0 Å². The third-order valence-corrected chi connectivity index (χ3v) is 4.87. The summed E-state index contributed by atoms with van der Waals surface area (Å²) in [5.41, 5.74) is 2.58. The van der Waals surface area contributed by atoms with Crippen LogP contribution in [-0.4, -0.2) is 28.2 Å². The summed E-state index contributed by atoms with van der Waals surface area (Å²) in [5.74, 6) is -0.815. The van der Waals surface area contributed by atoms with E-state index in [1.165, 1.54) is 7.11 Å². The van der Waals surface area contributed by atoms with E-state index in [1.54, 1.807) is 18.2 Å². The summed E-state index contributed by atoms with van der Waals surface area (Å²) in [6.07, 6.45) is 0. The van der Waals surface area contributed by atoms with Gasteiger partial charge in [-0.3, -0.25) is 0 Å². The van der Waals surface area contributed by atoms with E-state index in [1.807, 2.05) is 60.7 Å². The predicted octanol–water partition coefficient (Wildman–Crippen LogP) is 5.96. The molecular weight excluding hydrogens is 416 g/mol. The molecule has 1 N–H and O–H groups in total. The summed E-state index contributed by atoms with van der Waals surface area (Å²) < 4.78 is 11.2. The molecule has 7 heteroatoms. The Labute approximate surface area is 183 Å². The molecule has 0 fully saturated rings. The van der Waals surface area contributed by atoms with Gasteiger partial charge in [0.1, 0.15) is 16.5 Å². The molecule has 3 aromatic carbocycles. The zero-order valence-corrected chi connectivity index (χ0v) is 17.2. The molecule has 154 valence electrons. The molecule has 31 heavy (non-hydrogen) atoms. The smallest absolute Gasteiger partial charge is 0.340 e. The molecule has 0 saturated heterocycles. The third kappa shape index (κ3) is 4.20. The molecule has 0 aliphatic heterocycles. The molecule has 1 heterocycles. The maximum Gasteiger partial charge on any atom is 0.340 e. The van der Waals surface area contributed by atoms with Crippen molar-refractivity contribution >= 4 is 17.6 Å². The number of nitrogens with zero attached hydrogens (tertiary/aromatic N) is 2. The van der Waals surface area contributed by atoms with Crippen molar-refractivity contribution in [1.82, 2.24) is 9.97 Å². The van der Waals surface area contributed by atoms with E-state index < -0.39 is 5.97 Å². The minimum absolute atomic E-state index is 0.000440. The molecule has 4 rings (SSSR count). The van der Waals surface area contributed by atoms with E-state index in [0.29, 0.717) is 11.1 Å². The number of hydrogen-bond donors (Lipinski definition) is 1. The third-order valence-electron chi connectivity index (χ3n) is 4.59. The number of aromatic nitrogens is 2. The van der Waals surface area contributed by atoms with Crippen molar-refractivity contribution in [3.05, 3.63) is 89.6 Å². The Bertz CT molecular complexity index is 1230. The quantitative estimate of drug-likeness (QED) is 0.378. The number of carboxylic acids is 1. The Morgan fingerprint density at radius 2 is 1.52 bits per heavy atom. The lowest BCUT2D eigenvalue weighted by atomic mass is 9.99. The maximum absolute atomic E-state index is 12.1. The van der Waals surface area contributed by atoms with Crippen molar-refractivity contribution in [2.75, 3.05) is 7.11 Å². The molecule has 0 aliphatic rings. The lowest BCUT2D eigenvalue weighted by Gasteiger charge is -2.14. The lowest BCUT2D eigenvalue weighted by molar-refractivity contribution is 0.0695.